The van der Waals surface area contributed by atoms with Gasteiger partial charge in [0.15, 0.2) is 0 Å². The lowest BCUT2D eigenvalue weighted by Crippen LogP contribution is -2.16. The van der Waals surface area contributed by atoms with Crippen molar-refractivity contribution >= 4 is 12.0 Å². The molecule has 1 aliphatic heterocycles. The molecule has 16 heavy (non-hydrogen) atoms. The molecular formula is C14H17NO. The number of nitrogens with zero attached hydrogens (tertiary/aromatic N) is 1. The molecule has 0 N–H and O–H groups in total. The second-order valence-corrected chi connectivity index (χ2v) is 3.49. The van der Waals surface area contributed by atoms with E-state index in [1.165, 1.54) is 5.56 Å². The van der Waals surface area contributed by atoms with Crippen molar-refractivity contribution < 1.29 is 4.79 Å². The van der Waals surface area contributed by atoms with E-state index in [0.717, 1.165) is 13.0 Å². The highest BCUT2D eigenvalue weighted by Crippen LogP contribution is 2.08. The summed E-state index contributed by atoms with van der Waals surface area (Å²) in [5, 5.41) is 0. The van der Waals surface area contributed by atoms with E-state index in [1.54, 1.807) is 11.1 Å². The molecule has 1 heterocycles. The Bertz CT molecular complexity index is 356. The summed E-state index contributed by atoms with van der Waals surface area (Å²) in [5.41, 5.74) is 1.17. The Morgan fingerprint density at radius 3 is 2.19 bits per heavy atom. The van der Waals surface area contributed by atoms with Crippen LogP contribution in [-0.4, -0.2) is 17.4 Å². The molecule has 0 saturated carbocycles. The molecule has 1 fully saturated rings. The fourth-order valence-corrected chi connectivity index (χ4v) is 1.45. The number of hydrogen-bond donors (Lipinski definition) is 0. The number of carbonyl (C=O) groups is 1. The first kappa shape index (κ1) is 12.2. The zero-order chi connectivity index (χ0) is 11.8. The first-order valence-electron chi connectivity index (χ1n) is 5.37. The molecule has 2 rings (SSSR count). The lowest BCUT2D eigenvalue weighted by Gasteiger charge is -2.05. The van der Waals surface area contributed by atoms with Gasteiger partial charge in [-0.2, -0.15) is 0 Å². The fourth-order valence-electron chi connectivity index (χ4n) is 1.45. The molecule has 0 unspecified atom stereocenters. The van der Waals surface area contributed by atoms with Crippen molar-refractivity contribution in [1.82, 2.24) is 4.90 Å². The smallest absolute Gasteiger partial charge is 0.226 e. The molecule has 84 valence electrons. The van der Waals surface area contributed by atoms with Gasteiger partial charge in [0.05, 0.1) is 0 Å². The van der Waals surface area contributed by atoms with Gasteiger partial charge in [0.2, 0.25) is 5.91 Å². The van der Waals surface area contributed by atoms with Crippen molar-refractivity contribution in [2.45, 2.75) is 12.8 Å². The third kappa shape index (κ3) is 3.73. The number of benzene rings is 1. The first-order chi connectivity index (χ1) is 7.77. The maximum absolute atomic E-state index is 10.7. The van der Waals surface area contributed by atoms with Gasteiger partial charge in [0.25, 0.3) is 0 Å². The summed E-state index contributed by atoms with van der Waals surface area (Å²) in [4.78, 5) is 12.3. The van der Waals surface area contributed by atoms with E-state index in [-0.39, 0.29) is 5.91 Å². The van der Waals surface area contributed by atoms with E-state index in [9.17, 15) is 4.79 Å². The molecule has 0 radical (unpaired) electrons. The maximum Gasteiger partial charge on any atom is 0.226 e. The predicted molar refractivity (Wildman–Crippen MR) is 67.7 cm³/mol. The molecule has 2 nitrogen and oxygen atoms in total. The van der Waals surface area contributed by atoms with Crippen LogP contribution in [0.3, 0.4) is 0 Å². The topological polar surface area (TPSA) is 20.3 Å². The van der Waals surface area contributed by atoms with Gasteiger partial charge >= 0.3 is 0 Å². The maximum atomic E-state index is 10.7. The average Bonchev–Trinajstić information content (AvgIpc) is 2.76. The molecule has 1 saturated heterocycles. The van der Waals surface area contributed by atoms with Crippen LogP contribution < -0.4 is 0 Å². The van der Waals surface area contributed by atoms with Gasteiger partial charge in [-0.25, -0.2) is 0 Å². The van der Waals surface area contributed by atoms with Gasteiger partial charge in [-0.15, -0.1) is 0 Å². The molecule has 2 heteroatoms. The highest BCUT2D eigenvalue weighted by molar-refractivity contribution is 5.78. The molecule has 1 aliphatic rings. The largest absolute Gasteiger partial charge is 0.320 e. The Morgan fingerprint density at radius 2 is 1.88 bits per heavy atom. The van der Waals surface area contributed by atoms with E-state index >= 15 is 0 Å². The summed E-state index contributed by atoms with van der Waals surface area (Å²) in [5.74, 6) is 0.208. The Morgan fingerprint density at radius 1 is 1.19 bits per heavy atom. The van der Waals surface area contributed by atoms with Crippen LogP contribution in [0.1, 0.15) is 18.4 Å². The Hall–Kier alpha value is -1.83. The van der Waals surface area contributed by atoms with Crippen LogP contribution in [0.5, 0.6) is 0 Å². The normalized spacial score (nSPS) is 14.0. The van der Waals surface area contributed by atoms with Crippen LogP contribution in [0.15, 0.2) is 49.7 Å². The molecule has 1 amide bonds. The summed E-state index contributed by atoms with van der Waals surface area (Å²) in [7, 11) is 0. The van der Waals surface area contributed by atoms with Crippen molar-refractivity contribution in [2.24, 2.45) is 0 Å². The zero-order valence-electron chi connectivity index (χ0n) is 9.43. The van der Waals surface area contributed by atoms with Crippen LogP contribution >= 0.6 is 0 Å². The third-order valence-corrected chi connectivity index (χ3v) is 2.37. The van der Waals surface area contributed by atoms with Crippen molar-refractivity contribution in [3.63, 3.8) is 0 Å². The monoisotopic (exact) mass is 215 g/mol. The van der Waals surface area contributed by atoms with Gasteiger partial charge in [-0.3, -0.25) is 4.79 Å². The Balaban J connectivity index is 0.000000160. The summed E-state index contributed by atoms with van der Waals surface area (Å²) in [6.45, 7) is 7.99. The SMILES string of the molecule is C=CN1CCCC1=O.C=Cc1ccccc1. The lowest BCUT2D eigenvalue weighted by molar-refractivity contribution is -0.125. The second-order valence-electron chi connectivity index (χ2n) is 3.49. The van der Waals surface area contributed by atoms with Crippen LogP contribution in [0.25, 0.3) is 6.08 Å². The second kappa shape index (κ2) is 6.62. The summed E-state index contributed by atoms with van der Waals surface area (Å²) >= 11 is 0. The standard InChI is InChI=1S/C8H8.C6H9NO/c1-2-8-6-4-3-5-7-8;1-2-7-5-3-4-6(7)8/h2-7H,1H2;2H,1,3-5H2. The number of hydrogen-bond acceptors (Lipinski definition) is 1. The van der Waals surface area contributed by atoms with E-state index in [1.807, 2.05) is 36.4 Å². The minimum absolute atomic E-state index is 0.208. The highest BCUT2D eigenvalue weighted by atomic mass is 16.2. The summed E-state index contributed by atoms with van der Waals surface area (Å²) in [6, 6.07) is 10.0. The average molecular weight is 215 g/mol. The summed E-state index contributed by atoms with van der Waals surface area (Å²) < 4.78 is 0. The van der Waals surface area contributed by atoms with Crippen molar-refractivity contribution in [1.29, 1.82) is 0 Å². The quantitative estimate of drug-likeness (QED) is 0.742. The molecule has 0 bridgehead atoms. The van der Waals surface area contributed by atoms with Crippen LogP contribution in [-0.2, 0) is 4.79 Å². The van der Waals surface area contributed by atoms with Crippen LogP contribution in [0.2, 0.25) is 0 Å². The van der Waals surface area contributed by atoms with Crippen LogP contribution in [0, 0.1) is 0 Å². The minimum Gasteiger partial charge on any atom is -0.320 e. The number of likely N-dealkylation sites (tertiary alicyclic amines) is 1. The Kier molecular flexibility index (Phi) is 5.06. The van der Waals surface area contributed by atoms with E-state index in [0.29, 0.717) is 6.42 Å². The van der Waals surface area contributed by atoms with E-state index in [2.05, 4.69) is 13.2 Å². The lowest BCUT2D eigenvalue weighted by atomic mass is 10.2. The predicted octanol–water partition coefficient (Wildman–Crippen LogP) is 3.08. The fraction of sp³-hybridized carbons (Fsp3) is 0.214. The molecule has 1 aromatic rings. The molecule has 0 spiro atoms. The highest BCUT2D eigenvalue weighted by Gasteiger charge is 2.15. The molecule has 0 atom stereocenters. The third-order valence-electron chi connectivity index (χ3n) is 2.37. The summed E-state index contributed by atoms with van der Waals surface area (Å²) in [6.07, 6.45) is 5.12. The zero-order valence-corrected chi connectivity index (χ0v) is 9.43. The van der Waals surface area contributed by atoms with Crippen molar-refractivity contribution in [2.75, 3.05) is 6.54 Å². The van der Waals surface area contributed by atoms with Gasteiger partial charge in [0.1, 0.15) is 0 Å². The van der Waals surface area contributed by atoms with E-state index in [4.69, 9.17) is 0 Å². The van der Waals surface area contributed by atoms with Crippen molar-refractivity contribution in [3.05, 3.63) is 55.3 Å². The van der Waals surface area contributed by atoms with Gasteiger partial charge in [-0.1, -0.05) is 49.6 Å². The first-order valence-corrected chi connectivity index (χ1v) is 5.37. The molecule has 1 aromatic carbocycles. The number of amides is 1. The minimum atomic E-state index is 0.208. The molecular weight excluding hydrogens is 198 g/mol. The number of carbonyl (C=O) groups excluding carboxylic acids is 1. The van der Waals surface area contributed by atoms with E-state index < -0.39 is 0 Å². The van der Waals surface area contributed by atoms with Crippen LogP contribution in [0.4, 0.5) is 0 Å². The van der Waals surface area contributed by atoms with Gasteiger partial charge < -0.3 is 4.90 Å². The van der Waals surface area contributed by atoms with Crippen molar-refractivity contribution in [3.8, 4) is 0 Å². The van der Waals surface area contributed by atoms with Gasteiger partial charge in [0, 0.05) is 13.0 Å². The van der Waals surface area contributed by atoms with Gasteiger partial charge in [-0.05, 0) is 18.2 Å². The molecule has 0 aromatic heterocycles. The number of rotatable bonds is 2. The molecule has 0 aliphatic carbocycles. The Labute approximate surface area is 96.9 Å².